The predicted molar refractivity (Wildman–Crippen MR) is 55.5 cm³/mol. The van der Waals surface area contributed by atoms with Crippen LogP contribution < -0.4 is 5.32 Å². The van der Waals surface area contributed by atoms with Gasteiger partial charge in [-0.25, -0.2) is 0 Å². The summed E-state index contributed by atoms with van der Waals surface area (Å²) in [7, 11) is 0. The van der Waals surface area contributed by atoms with Gasteiger partial charge in [-0.15, -0.1) is 11.3 Å². The monoisotopic (exact) mass is 263 g/mol. The minimum Gasteiger partial charge on any atom is -0.384 e. The highest BCUT2D eigenvalue weighted by atomic mass is 79.9. The Morgan fingerprint density at radius 3 is 3.00 bits per heavy atom. The number of carbonyl (C=O) groups excluding carboxylic acids is 1. The summed E-state index contributed by atoms with van der Waals surface area (Å²) in [5.41, 5.74) is 0. The van der Waals surface area contributed by atoms with Gasteiger partial charge in [0.25, 0.3) is 0 Å². The van der Waals surface area contributed by atoms with Crippen molar-refractivity contribution >= 4 is 33.2 Å². The topological polar surface area (TPSA) is 49.3 Å². The third kappa shape index (κ3) is 3.10. The molecule has 3 nitrogen and oxygen atoms in total. The summed E-state index contributed by atoms with van der Waals surface area (Å²) in [4.78, 5) is 12.0. The summed E-state index contributed by atoms with van der Waals surface area (Å²) in [6.07, 6.45) is -0.946. The lowest BCUT2D eigenvalue weighted by molar-refractivity contribution is -0.128. The Morgan fingerprint density at radius 1 is 1.85 bits per heavy atom. The normalized spacial score (nSPS) is 12.5. The Morgan fingerprint density at radius 2 is 2.54 bits per heavy atom. The van der Waals surface area contributed by atoms with Crippen LogP contribution >= 0.6 is 27.3 Å². The van der Waals surface area contributed by atoms with E-state index >= 15 is 0 Å². The minimum absolute atomic E-state index is 0.347. The Hall–Kier alpha value is -0.390. The van der Waals surface area contributed by atoms with Gasteiger partial charge >= 0.3 is 0 Å². The summed E-state index contributed by atoms with van der Waals surface area (Å²) >= 11 is 4.91. The van der Waals surface area contributed by atoms with Crippen LogP contribution in [0.1, 0.15) is 11.8 Å². The first kappa shape index (κ1) is 10.7. The van der Waals surface area contributed by atoms with E-state index in [9.17, 15) is 4.79 Å². The number of nitrogens with one attached hydrogen (secondary N) is 1. The quantitative estimate of drug-likeness (QED) is 0.869. The number of aliphatic hydroxyl groups excluding tert-OH is 1. The number of aliphatic hydroxyl groups is 1. The molecule has 13 heavy (non-hydrogen) atoms. The third-order valence-corrected chi connectivity index (χ3v) is 3.42. The van der Waals surface area contributed by atoms with E-state index in [-0.39, 0.29) is 5.91 Å². The largest absolute Gasteiger partial charge is 0.384 e. The van der Waals surface area contributed by atoms with Crippen LogP contribution in [0.4, 0.5) is 0 Å². The van der Waals surface area contributed by atoms with Crippen molar-refractivity contribution in [1.29, 1.82) is 0 Å². The van der Waals surface area contributed by atoms with Gasteiger partial charge < -0.3 is 10.4 Å². The smallest absolute Gasteiger partial charge is 0.248 e. The van der Waals surface area contributed by atoms with Gasteiger partial charge in [0, 0.05) is 9.35 Å². The van der Waals surface area contributed by atoms with E-state index in [2.05, 4.69) is 21.2 Å². The van der Waals surface area contributed by atoms with Gasteiger partial charge in [-0.3, -0.25) is 4.79 Å². The lowest BCUT2D eigenvalue weighted by atomic mass is 10.3. The van der Waals surface area contributed by atoms with E-state index in [0.29, 0.717) is 6.54 Å². The molecule has 1 heterocycles. The Bertz CT molecular complexity index is 298. The van der Waals surface area contributed by atoms with Gasteiger partial charge in [-0.1, -0.05) is 0 Å². The fourth-order valence-electron chi connectivity index (χ4n) is 0.766. The predicted octanol–water partition coefficient (Wildman–Crippen LogP) is 1.51. The first-order valence-electron chi connectivity index (χ1n) is 3.79. The van der Waals surface area contributed by atoms with Crippen molar-refractivity contribution in [3.63, 3.8) is 0 Å². The molecule has 1 aromatic rings. The number of amides is 1. The van der Waals surface area contributed by atoms with Crippen LogP contribution in [0.5, 0.6) is 0 Å². The molecule has 1 amide bonds. The van der Waals surface area contributed by atoms with Gasteiger partial charge in [0.2, 0.25) is 5.91 Å². The second-order valence-electron chi connectivity index (χ2n) is 2.59. The summed E-state index contributed by atoms with van der Waals surface area (Å²) < 4.78 is 0.989. The Labute approximate surface area is 88.9 Å². The molecule has 1 aromatic heterocycles. The van der Waals surface area contributed by atoms with E-state index < -0.39 is 6.10 Å². The molecule has 5 heteroatoms. The van der Waals surface area contributed by atoms with Crippen molar-refractivity contribution in [2.24, 2.45) is 0 Å². The molecule has 2 N–H and O–H groups in total. The molecule has 1 atom stereocenters. The first-order valence-corrected chi connectivity index (χ1v) is 5.46. The average molecular weight is 264 g/mol. The van der Waals surface area contributed by atoms with Crippen LogP contribution in [0.25, 0.3) is 0 Å². The van der Waals surface area contributed by atoms with Gasteiger partial charge in [0.05, 0.1) is 6.54 Å². The molecule has 0 bridgehead atoms. The molecular formula is C8H10BrNO2S. The summed E-state index contributed by atoms with van der Waals surface area (Å²) in [5.74, 6) is -0.347. The molecule has 0 aliphatic carbocycles. The average Bonchev–Trinajstić information content (AvgIpc) is 2.47. The zero-order chi connectivity index (χ0) is 9.84. The van der Waals surface area contributed by atoms with Crippen molar-refractivity contribution in [1.82, 2.24) is 5.32 Å². The minimum atomic E-state index is -0.946. The maximum atomic E-state index is 11.0. The zero-order valence-corrected chi connectivity index (χ0v) is 9.48. The van der Waals surface area contributed by atoms with E-state index in [1.165, 1.54) is 6.92 Å². The summed E-state index contributed by atoms with van der Waals surface area (Å²) in [5, 5.41) is 13.5. The number of thiophene rings is 1. The SMILES string of the molecule is CC(O)C(=O)NCc1sccc1Br. The van der Waals surface area contributed by atoms with Gasteiger partial charge in [-0.2, -0.15) is 0 Å². The van der Waals surface area contributed by atoms with Crippen LogP contribution in [-0.4, -0.2) is 17.1 Å². The maximum Gasteiger partial charge on any atom is 0.248 e. The first-order chi connectivity index (χ1) is 6.11. The van der Waals surface area contributed by atoms with Crippen molar-refractivity contribution in [2.45, 2.75) is 19.6 Å². The third-order valence-electron chi connectivity index (χ3n) is 1.49. The molecule has 1 rings (SSSR count). The van der Waals surface area contributed by atoms with Crippen LogP contribution in [0.3, 0.4) is 0 Å². The summed E-state index contributed by atoms with van der Waals surface area (Å²) in [6.45, 7) is 1.90. The molecule has 0 saturated heterocycles. The van der Waals surface area contributed by atoms with Gasteiger partial charge in [0.15, 0.2) is 0 Å². The maximum absolute atomic E-state index is 11.0. The van der Waals surface area contributed by atoms with Crippen molar-refractivity contribution in [2.75, 3.05) is 0 Å². The second-order valence-corrected chi connectivity index (χ2v) is 4.44. The Kier molecular flexibility index (Phi) is 3.90. The molecule has 0 fully saturated rings. The van der Waals surface area contributed by atoms with Crippen molar-refractivity contribution in [3.8, 4) is 0 Å². The van der Waals surface area contributed by atoms with E-state index in [4.69, 9.17) is 5.11 Å². The second kappa shape index (κ2) is 4.74. The number of hydrogen-bond donors (Lipinski definition) is 2. The molecule has 0 saturated carbocycles. The highest BCUT2D eigenvalue weighted by molar-refractivity contribution is 9.10. The number of carbonyl (C=O) groups is 1. The van der Waals surface area contributed by atoms with Gasteiger partial charge in [0.1, 0.15) is 6.10 Å². The molecule has 0 spiro atoms. The molecule has 0 radical (unpaired) electrons. The molecule has 1 unspecified atom stereocenters. The number of halogens is 1. The van der Waals surface area contributed by atoms with E-state index in [0.717, 1.165) is 9.35 Å². The molecule has 0 aliphatic rings. The van der Waals surface area contributed by atoms with Crippen LogP contribution in [0, 0.1) is 0 Å². The molecule has 72 valence electrons. The molecule has 0 aliphatic heterocycles. The van der Waals surface area contributed by atoms with E-state index in [1.807, 2.05) is 11.4 Å². The lowest BCUT2D eigenvalue weighted by Crippen LogP contribution is -2.31. The van der Waals surface area contributed by atoms with Crippen LogP contribution in [0.2, 0.25) is 0 Å². The highest BCUT2D eigenvalue weighted by Crippen LogP contribution is 2.21. The fraction of sp³-hybridized carbons (Fsp3) is 0.375. The Balaban J connectivity index is 2.44. The lowest BCUT2D eigenvalue weighted by Gasteiger charge is -2.05. The van der Waals surface area contributed by atoms with Crippen LogP contribution in [0.15, 0.2) is 15.9 Å². The molecular weight excluding hydrogens is 254 g/mol. The standard InChI is InChI=1S/C8H10BrNO2S/c1-5(11)8(12)10-4-7-6(9)2-3-13-7/h2-3,5,11H,4H2,1H3,(H,10,12). The van der Waals surface area contributed by atoms with Crippen molar-refractivity contribution < 1.29 is 9.90 Å². The van der Waals surface area contributed by atoms with Crippen molar-refractivity contribution in [3.05, 3.63) is 20.8 Å². The number of rotatable bonds is 3. The zero-order valence-electron chi connectivity index (χ0n) is 7.08. The highest BCUT2D eigenvalue weighted by Gasteiger charge is 2.08. The number of hydrogen-bond acceptors (Lipinski definition) is 3. The van der Waals surface area contributed by atoms with Gasteiger partial charge in [-0.05, 0) is 34.3 Å². The van der Waals surface area contributed by atoms with E-state index in [1.54, 1.807) is 11.3 Å². The molecule has 0 aromatic carbocycles. The fourth-order valence-corrected chi connectivity index (χ4v) is 2.20. The van der Waals surface area contributed by atoms with Crippen LogP contribution in [-0.2, 0) is 11.3 Å². The summed E-state index contributed by atoms with van der Waals surface area (Å²) in [6, 6.07) is 1.93.